The van der Waals surface area contributed by atoms with Gasteiger partial charge in [-0.25, -0.2) is 4.98 Å². The van der Waals surface area contributed by atoms with Gasteiger partial charge in [0.2, 0.25) is 5.95 Å². The normalized spacial score (nSPS) is 13.0. The Labute approximate surface area is 106 Å². The summed E-state index contributed by atoms with van der Waals surface area (Å²) in [7, 11) is 0. The summed E-state index contributed by atoms with van der Waals surface area (Å²) in [6.07, 6.45) is 9.07. The SMILES string of the molecule is CCCCCC(C)Nc1nccn1CC(C)C. The van der Waals surface area contributed by atoms with Crippen molar-refractivity contribution in [2.45, 2.75) is 66.0 Å². The molecule has 17 heavy (non-hydrogen) atoms. The maximum Gasteiger partial charge on any atom is 0.202 e. The van der Waals surface area contributed by atoms with E-state index in [1.165, 1.54) is 25.7 Å². The Bertz CT molecular complexity index is 304. The minimum Gasteiger partial charge on any atom is -0.353 e. The summed E-state index contributed by atoms with van der Waals surface area (Å²) < 4.78 is 2.21. The zero-order valence-corrected chi connectivity index (χ0v) is 11.7. The molecule has 3 nitrogen and oxygen atoms in total. The molecular weight excluding hydrogens is 210 g/mol. The molecule has 1 rings (SSSR count). The molecule has 1 aromatic heterocycles. The van der Waals surface area contributed by atoms with Gasteiger partial charge < -0.3 is 9.88 Å². The van der Waals surface area contributed by atoms with Crippen molar-refractivity contribution in [2.75, 3.05) is 5.32 Å². The fourth-order valence-corrected chi connectivity index (χ4v) is 1.98. The van der Waals surface area contributed by atoms with Crippen LogP contribution in [0.1, 0.15) is 53.4 Å². The molecule has 98 valence electrons. The summed E-state index contributed by atoms with van der Waals surface area (Å²) in [4.78, 5) is 4.39. The molecule has 0 aliphatic rings. The minimum atomic E-state index is 0.509. The van der Waals surface area contributed by atoms with E-state index in [-0.39, 0.29) is 0 Å². The third-order valence-electron chi connectivity index (χ3n) is 2.89. The zero-order chi connectivity index (χ0) is 12.7. The highest BCUT2D eigenvalue weighted by Gasteiger charge is 2.07. The van der Waals surface area contributed by atoms with Crippen LogP contribution in [-0.4, -0.2) is 15.6 Å². The van der Waals surface area contributed by atoms with E-state index >= 15 is 0 Å². The quantitative estimate of drug-likeness (QED) is 0.694. The molecule has 0 saturated carbocycles. The van der Waals surface area contributed by atoms with Crippen LogP contribution in [0, 0.1) is 5.92 Å². The van der Waals surface area contributed by atoms with E-state index in [0.29, 0.717) is 12.0 Å². The highest BCUT2D eigenvalue weighted by atomic mass is 15.2. The van der Waals surface area contributed by atoms with Crippen LogP contribution < -0.4 is 5.32 Å². The molecule has 1 unspecified atom stereocenters. The van der Waals surface area contributed by atoms with Crippen molar-refractivity contribution in [3.63, 3.8) is 0 Å². The molecular formula is C14H27N3. The van der Waals surface area contributed by atoms with Gasteiger partial charge in [0.15, 0.2) is 0 Å². The van der Waals surface area contributed by atoms with E-state index in [2.05, 4.69) is 48.8 Å². The minimum absolute atomic E-state index is 0.509. The van der Waals surface area contributed by atoms with Gasteiger partial charge in [-0.3, -0.25) is 0 Å². The molecule has 1 N–H and O–H groups in total. The first kappa shape index (κ1) is 14.1. The number of aromatic nitrogens is 2. The van der Waals surface area contributed by atoms with Crippen LogP contribution in [0.25, 0.3) is 0 Å². The molecule has 0 aliphatic carbocycles. The van der Waals surface area contributed by atoms with E-state index in [0.717, 1.165) is 12.5 Å². The monoisotopic (exact) mass is 237 g/mol. The van der Waals surface area contributed by atoms with Gasteiger partial charge in [0.1, 0.15) is 0 Å². The molecule has 0 spiro atoms. The lowest BCUT2D eigenvalue weighted by molar-refractivity contribution is 0.521. The number of hydrogen-bond acceptors (Lipinski definition) is 2. The van der Waals surface area contributed by atoms with E-state index in [1.807, 2.05) is 6.20 Å². The van der Waals surface area contributed by atoms with Crippen molar-refractivity contribution in [3.05, 3.63) is 12.4 Å². The summed E-state index contributed by atoms with van der Waals surface area (Å²) >= 11 is 0. The van der Waals surface area contributed by atoms with Crippen LogP contribution in [0.4, 0.5) is 5.95 Å². The number of nitrogens with zero attached hydrogens (tertiary/aromatic N) is 2. The molecule has 0 radical (unpaired) electrons. The zero-order valence-electron chi connectivity index (χ0n) is 11.7. The Kier molecular flexibility index (Phi) is 6.09. The first-order valence-corrected chi connectivity index (χ1v) is 6.91. The van der Waals surface area contributed by atoms with E-state index < -0.39 is 0 Å². The molecule has 0 saturated heterocycles. The van der Waals surface area contributed by atoms with Gasteiger partial charge in [0.25, 0.3) is 0 Å². The Morgan fingerprint density at radius 2 is 2.06 bits per heavy atom. The number of anilines is 1. The van der Waals surface area contributed by atoms with Gasteiger partial charge in [0, 0.05) is 25.0 Å². The number of hydrogen-bond donors (Lipinski definition) is 1. The lowest BCUT2D eigenvalue weighted by Crippen LogP contribution is -2.19. The fraction of sp³-hybridized carbons (Fsp3) is 0.786. The highest BCUT2D eigenvalue weighted by molar-refractivity contribution is 5.27. The van der Waals surface area contributed by atoms with Gasteiger partial charge in [-0.15, -0.1) is 0 Å². The van der Waals surface area contributed by atoms with Gasteiger partial charge in [-0.1, -0.05) is 40.0 Å². The number of unbranched alkanes of at least 4 members (excludes halogenated alkanes) is 2. The largest absolute Gasteiger partial charge is 0.353 e. The highest BCUT2D eigenvalue weighted by Crippen LogP contribution is 2.12. The van der Waals surface area contributed by atoms with Crippen LogP contribution in [0.5, 0.6) is 0 Å². The number of nitrogens with one attached hydrogen (secondary N) is 1. The van der Waals surface area contributed by atoms with Crippen molar-refractivity contribution in [2.24, 2.45) is 5.92 Å². The number of imidazole rings is 1. The first-order valence-electron chi connectivity index (χ1n) is 6.91. The Hall–Kier alpha value is -0.990. The fourth-order valence-electron chi connectivity index (χ4n) is 1.98. The predicted molar refractivity (Wildman–Crippen MR) is 74.3 cm³/mol. The molecule has 1 atom stereocenters. The van der Waals surface area contributed by atoms with E-state index in [1.54, 1.807) is 0 Å². The summed E-state index contributed by atoms with van der Waals surface area (Å²) in [6.45, 7) is 9.98. The van der Waals surface area contributed by atoms with Crippen LogP contribution in [-0.2, 0) is 6.54 Å². The predicted octanol–water partition coefficient (Wildman–Crippen LogP) is 3.92. The van der Waals surface area contributed by atoms with E-state index in [4.69, 9.17) is 0 Å². The molecule has 1 aromatic rings. The third-order valence-corrected chi connectivity index (χ3v) is 2.89. The maximum absolute atomic E-state index is 4.39. The average Bonchev–Trinajstić information content (AvgIpc) is 2.65. The molecule has 3 heteroatoms. The van der Waals surface area contributed by atoms with E-state index in [9.17, 15) is 0 Å². The van der Waals surface area contributed by atoms with Crippen LogP contribution in [0.15, 0.2) is 12.4 Å². The van der Waals surface area contributed by atoms with Crippen molar-refractivity contribution >= 4 is 5.95 Å². The molecule has 0 fully saturated rings. The lowest BCUT2D eigenvalue weighted by atomic mass is 10.1. The Morgan fingerprint density at radius 3 is 2.71 bits per heavy atom. The maximum atomic E-state index is 4.39. The second kappa shape index (κ2) is 7.36. The third kappa shape index (κ3) is 5.24. The second-order valence-electron chi connectivity index (χ2n) is 5.34. The summed E-state index contributed by atoms with van der Waals surface area (Å²) in [5, 5.41) is 3.51. The van der Waals surface area contributed by atoms with Gasteiger partial charge in [-0.2, -0.15) is 0 Å². The summed E-state index contributed by atoms with van der Waals surface area (Å²) in [5.41, 5.74) is 0. The van der Waals surface area contributed by atoms with Crippen LogP contribution in [0.2, 0.25) is 0 Å². The van der Waals surface area contributed by atoms with Crippen molar-refractivity contribution < 1.29 is 0 Å². The Balaban J connectivity index is 2.41. The topological polar surface area (TPSA) is 29.9 Å². The van der Waals surface area contributed by atoms with Gasteiger partial charge in [0.05, 0.1) is 0 Å². The van der Waals surface area contributed by atoms with Crippen molar-refractivity contribution in [1.82, 2.24) is 9.55 Å². The number of rotatable bonds is 8. The smallest absolute Gasteiger partial charge is 0.202 e. The molecule has 0 aromatic carbocycles. The second-order valence-corrected chi connectivity index (χ2v) is 5.34. The van der Waals surface area contributed by atoms with Gasteiger partial charge >= 0.3 is 0 Å². The lowest BCUT2D eigenvalue weighted by Gasteiger charge is -2.16. The molecule has 0 amide bonds. The van der Waals surface area contributed by atoms with Gasteiger partial charge in [-0.05, 0) is 19.3 Å². The molecule has 0 bridgehead atoms. The van der Waals surface area contributed by atoms with Crippen LogP contribution >= 0.6 is 0 Å². The average molecular weight is 237 g/mol. The summed E-state index contributed by atoms with van der Waals surface area (Å²) in [6, 6.07) is 0.509. The molecule has 1 heterocycles. The van der Waals surface area contributed by atoms with Crippen LogP contribution in [0.3, 0.4) is 0 Å². The standard InChI is InChI=1S/C14H27N3/c1-5-6-7-8-13(4)16-14-15-9-10-17(14)11-12(2)3/h9-10,12-13H,5-8,11H2,1-4H3,(H,15,16). The van der Waals surface area contributed by atoms with Crippen molar-refractivity contribution in [3.8, 4) is 0 Å². The Morgan fingerprint density at radius 1 is 1.29 bits per heavy atom. The summed E-state index contributed by atoms with van der Waals surface area (Å²) in [5.74, 6) is 1.67. The molecule has 0 aliphatic heterocycles. The first-order chi connectivity index (χ1) is 8.13. The van der Waals surface area contributed by atoms with Crippen molar-refractivity contribution in [1.29, 1.82) is 0 Å².